The monoisotopic (exact) mass is 295 g/mol. The minimum Gasteiger partial charge on any atom is -0.393 e. The fourth-order valence-electron chi connectivity index (χ4n) is 2.46. The van der Waals surface area contributed by atoms with Crippen molar-refractivity contribution >= 4 is 22.8 Å². The van der Waals surface area contributed by atoms with Gasteiger partial charge in [0.25, 0.3) is 5.69 Å². The number of hydrogen-bond acceptors (Lipinski definition) is 6. The number of nitrogens with zero attached hydrogens (tertiary/aromatic N) is 2. The van der Waals surface area contributed by atoms with Crippen LogP contribution in [0.2, 0.25) is 0 Å². The molecular weight excluding hydrogens is 278 g/mol. The average Bonchev–Trinajstić information content (AvgIpc) is 2.24. The Morgan fingerprint density at radius 3 is 1.81 bits per heavy atom. The van der Waals surface area contributed by atoms with E-state index in [9.17, 15) is 25.0 Å². The van der Waals surface area contributed by atoms with E-state index in [1.807, 2.05) is 0 Å². The van der Waals surface area contributed by atoms with E-state index in [2.05, 4.69) is 0 Å². The van der Waals surface area contributed by atoms with E-state index in [0.717, 1.165) is 0 Å². The van der Waals surface area contributed by atoms with Crippen molar-refractivity contribution in [2.24, 2.45) is 0 Å². The van der Waals surface area contributed by atoms with Gasteiger partial charge in [0.2, 0.25) is 0 Å². The molecule has 0 saturated carbocycles. The highest BCUT2D eigenvalue weighted by atomic mass is 16.6. The number of carbonyl (C=O) groups is 1. The van der Waals surface area contributed by atoms with Crippen molar-refractivity contribution in [3.8, 4) is 0 Å². The van der Waals surface area contributed by atoms with E-state index in [0.29, 0.717) is 0 Å². The summed E-state index contributed by atoms with van der Waals surface area (Å²) in [4.78, 5) is 32.9. The number of carbonyl (C=O) groups excluding carboxylic acids is 1. The van der Waals surface area contributed by atoms with Crippen LogP contribution in [0, 0.1) is 27.2 Å². The molecule has 8 heteroatoms. The second kappa shape index (κ2) is 5.12. The van der Waals surface area contributed by atoms with Crippen LogP contribution >= 0.6 is 0 Å². The molecule has 2 N–H and O–H groups in total. The number of anilines is 1. The molecule has 0 saturated heterocycles. The average molecular weight is 295 g/mol. The Kier molecular flexibility index (Phi) is 4.03. The van der Waals surface area contributed by atoms with E-state index in [1.54, 1.807) is 20.8 Å². The summed E-state index contributed by atoms with van der Waals surface area (Å²) in [6, 6.07) is 0. The summed E-state index contributed by atoms with van der Waals surface area (Å²) in [5, 5.41) is 22.7. The molecule has 8 nitrogen and oxygen atoms in total. The smallest absolute Gasteiger partial charge is 0.303 e. The number of Topliss-reactive ketones (excluding diaryl/α,β-unsaturated/α-hetero) is 1. The molecule has 0 amide bonds. The summed E-state index contributed by atoms with van der Waals surface area (Å²) in [6.07, 6.45) is 0. The van der Waals surface area contributed by atoms with Gasteiger partial charge in [0.05, 0.1) is 15.4 Å². The molecule has 0 aliphatic carbocycles. The van der Waals surface area contributed by atoms with Crippen molar-refractivity contribution in [3.63, 3.8) is 0 Å². The Bertz CT molecular complexity index is 618. The van der Waals surface area contributed by atoms with Crippen molar-refractivity contribution in [1.82, 2.24) is 0 Å². The molecule has 0 radical (unpaired) electrons. The predicted molar refractivity (Wildman–Crippen MR) is 77.6 cm³/mol. The van der Waals surface area contributed by atoms with Crippen LogP contribution in [0.5, 0.6) is 0 Å². The molecule has 1 aromatic carbocycles. The van der Waals surface area contributed by atoms with Gasteiger partial charge in [-0.3, -0.25) is 25.0 Å². The number of nitro groups is 2. The Balaban J connectivity index is 4.17. The van der Waals surface area contributed by atoms with Gasteiger partial charge >= 0.3 is 5.69 Å². The highest BCUT2D eigenvalue weighted by Crippen LogP contribution is 2.46. The van der Waals surface area contributed by atoms with Crippen LogP contribution in [0.25, 0.3) is 0 Å². The lowest BCUT2D eigenvalue weighted by atomic mass is 9.81. The Morgan fingerprint density at radius 1 is 1.10 bits per heavy atom. The van der Waals surface area contributed by atoms with E-state index in [-0.39, 0.29) is 22.4 Å². The second-order valence-electron chi connectivity index (χ2n) is 5.81. The van der Waals surface area contributed by atoms with Gasteiger partial charge in [0.15, 0.2) is 5.78 Å². The highest BCUT2D eigenvalue weighted by Gasteiger charge is 2.40. The first-order chi connectivity index (χ1) is 9.41. The summed E-state index contributed by atoms with van der Waals surface area (Å²) in [7, 11) is 0. The first-order valence-electron chi connectivity index (χ1n) is 6.17. The number of ketones is 1. The number of rotatable bonds is 3. The number of nitrogens with two attached hydrogens (primary N) is 1. The predicted octanol–water partition coefficient (Wildman–Crippen LogP) is 2.89. The van der Waals surface area contributed by atoms with Crippen LogP contribution < -0.4 is 5.73 Å². The van der Waals surface area contributed by atoms with Gasteiger partial charge in [-0.05, 0) is 13.8 Å². The van der Waals surface area contributed by atoms with Crippen molar-refractivity contribution in [2.75, 3.05) is 5.73 Å². The molecule has 114 valence electrons. The molecule has 21 heavy (non-hydrogen) atoms. The fraction of sp³-hybridized carbons (Fsp3) is 0.462. The quantitative estimate of drug-likeness (QED) is 0.395. The number of hydrogen-bond donors (Lipinski definition) is 1. The SMILES string of the molecule is CC(=O)c1c(C)c([N+](=O)[O-])c(C(C)(C)C)c([N+](=O)[O-])c1N. The molecule has 0 fully saturated rings. The zero-order chi connectivity index (χ0) is 16.7. The highest BCUT2D eigenvalue weighted by molar-refractivity contribution is 6.04. The Morgan fingerprint density at radius 2 is 1.52 bits per heavy atom. The third kappa shape index (κ3) is 2.69. The lowest BCUT2D eigenvalue weighted by Gasteiger charge is -2.22. The molecule has 0 bridgehead atoms. The van der Waals surface area contributed by atoms with Gasteiger partial charge in [-0.25, -0.2) is 0 Å². The van der Waals surface area contributed by atoms with Crippen molar-refractivity contribution in [2.45, 2.75) is 40.0 Å². The maximum Gasteiger partial charge on any atom is 0.303 e. The summed E-state index contributed by atoms with van der Waals surface area (Å²) < 4.78 is 0. The van der Waals surface area contributed by atoms with Crippen LogP contribution in [-0.4, -0.2) is 15.6 Å². The summed E-state index contributed by atoms with van der Waals surface area (Å²) in [6.45, 7) is 7.41. The van der Waals surface area contributed by atoms with Crippen LogP contribution in [0.3, 0.4) is 0 Å². The van der Waals surface area contributed by atoms with Crippen LogP contribution in [0.4, 0.5) is 17.1 Å². The van der Waals surface area contributed by atoms with Crippen LogP contribution in [-0.2, 0) is 5.41 Å². The topological polar surface area (TPSA) is 129 Å². The zero-order valence-electron chi connectivity index (χ0n) is 12.5. The molecule has 0 spiro atoms. The van der Waals surface area contributed by atoms with Gasteiger partial charge < -0.3 is 5.73 Å². The van der Waals surface area contributed by atoms with Gasteiger partial charge in [0.1, 0.15) is 11.3 Å². The van der Waals surface area contributed by atoms with Gasteiger partial charge in [0, 0.05) is 11.0 Å². The van der Waals surface area contributed by atoms with E-state index < -0.39 is 32.4 Å². The molecule has 0 aliphatic heterocycles. The van der Waals surface area contributed by atoms with E-state index >= 15 is 0 Å². The van der Waals surface area contributed by atoms with Crippen molar-refractivity contribution in [1.29, 1.82) is 0 Å². The Hall–Kier alpha value is -2.51. The molecular formula is C13H17N3O5. The van der Waals surface area contributed by atoms with E-state index in [1.165, 1.54) is 13.8 Å². The fourth-order valence-corrected chi connectivity index (χ4v) is 2.46. The minimum atomic E-state index is -0.876. The third-order valence-electron chi connectivity index (χ3n) is 3.20. The number of benzene rings is 1. The van der Waals surface area contributed by atoms with Crippen molar-refractivity contribution < 1.29 is 14.6 Å². The van der Waals surface area contributed by atoms with Gasteiger partial charge in [-0.2, -0.15) is 0 Å². The van der Waals surface area contributed by atoms with Crippen LogP contribution in [0.1, 0.15) is 49.2 Å². The zero-order valence-corrected chi connectivity index (χ0v) is 12.5. The lowest BCUT2D eigenvalue weighted by molar-refractivity contribution is -0.396. The molecule has 0 heterocycles. The maximum absolute atomic E-state index is 11.7. The Labute approximate surface area is 121 Å². The van der Waals surface area contributed by atoms with Crippen LogP contribution in [0.15, 0.2) is 0 Å². The molecule has 1 rings (SSSR count). The first-order valence-corrected chi connectivity index (χ1v) is 6.17. The first kappa shape index (κ1) is 16.5. The van der Waals surface area contributed by atoms with Gasteiger partial charge in [-0.1, -0.05) is 20.8 Å². The van der Waals surface area contributed by atoms with Crippen molar-refractivity contribution in [3.05, 3.63) is 36.9 Å². The lowest BCUT2D eigenvalue weighted by Crippen LogP contribution is -2.20. The maximum atomic E-state index is 11.7. The normalized spacial score (nSPS) is 11.3. The largest absolute Gasteiger partial charge is 0.393 e. The molecule has 1 aromatic rings. The molecule has 0 aliphatic rings. The molecule has 0 aromatic heterocycles. The second-order valence-corrected chi connectivity index (χ2v) is 5.81. The summed E-state index contributed by atoms with van der Waals surface area (Å²) >= 11 is 0. The molecule has 0 atom stereocenters. The van der Waals surface area contributed by atoms with Gasteiger partial charge in [-0.15, -0.1) is 0 Å². The standard InChI is InChI=1S/C13H17N3O5/c1-6-8(7(2)17)10(14)12(16(20)21)9(13(3,4)5)11(6)15(18)19/h14H2,1-5H3. The minimum absolute atomic E-state index is 0.0560. The number of nitro benzene ring substituents is 2. The summed E-state index contributed by atoms with van der Waals surface area (Å²) in [5.74, 6) is -0.545. The third-order valence-corrected chi connectivity index (χ3v) is 3.20. The number of nitrogen functional groups attached to an aromatic ring is 1. The van der Waals surface area contributed by atoms with E-state index in [4.69, 9.17) is 5.73 Å². The summed E-state index contributed by atoms with van der Waals surface area (Å²) in [5.41, 5.74) is 3.40. The molecule has 0 unspecified atom stereocenters.